The quantitative estimate of drug-likeness (QED) is 0.813. The third-order valence-electron chi connectivity index (χ3n) is 2.23. The highest BCUT2D eigenvalue weighted by Gasteiger charge is 1.99. The van der Waals surface area contributed by atoms with Crippen LogP contribution in [0, 0.1) is 5.82 Å². The number of rotatable bonds is 4. The van der Waals surface area contributed by atoms with Gasteiger partial charge in [-0.15, -0.1) is 0 Å². The molecule has 0 saturated heterocycles. The fraction of sp³-hybridized carbons (Fsp3) is 0.154. The maximum absolute atomic E-state index is 12.7. The zero-order valence-electron chi connectivity index (χ0n) is 9.39. The Hall–Kier alpha value is -2.10. The maximum atomic E-state index is 12.7. The Morgan fingerprint density at radius 2 is 1.94 bits per heavy atom. The summed E-state index contributed by atoms with van der Waals surface area (Å²) >= 11 is 0. The lowest BCUT2D eigenvalue weighted by atomic mass is 10.2. The predicted octanol–water partition coefficient (Wildman–Crippen LogP) is 2.81. The fourth-order valence-electron chi connectivity index (χ4n) is 1.34. The number of nitrogens with zero attached hydrogens (tertiary/aromatic N) is 1. The summed E-state index contributed by atoms with van der Waals surface area (Å²) in [4.78, 5) is 3.97. The van der Waals surface area contributed by atoms with E-state index in [2.05, 4.69) is 4.98 Å². The van der Waals surface area contributed by atoms with Crippen molar-refractivity contribution in [3.8, 4) is 11.6 Å². The minimum atomic E-state index is -0.251. The molecule has 4 heteroatoms. The van der Waals surface area contributed by atoms with Crippen molar-refractivity contribution in [2.45, 2.75) is 6.61 Å². The van der Waals surface area contributed by atoms with Crippen LogP contribution in [0.3, 0.4) is 0 Å². The van der Waals surface area contributed by atoms with Crippen LogP contribution >= 0.6 is 0 Å². The summed E-state index contributed by atoms with van der Waals surface area (Å²) in [5.41, 5.74) is 0.905. The average molecular weight is 233 g/mol. The Morgan fingerprint density at radius 3 is 2.65 bits per heavy atom. The van der Waals surface area contributed by atoms with Crippen LogP contribution in [0.1, 0.15) is 5.56 Å². The van der Waals surface area contributed by atoms with Gasteiger partial charge in [0.25, 0.3) is 0 Å². The van der Waals surface area contributed by atoms with E-state index in [9.17, 15) is 4.39 Å². The Bertz CT molecular complexity index is 485. The van der Waals surface area contributed by atoms with Gasteiger partial charge >= 0.3 is 0 Å². The third-order valence-corrected chi connectivity index (χ3v) is 2.23. The Balaban J connectivity index is 1.99. The average Bonchev–Trinajstić information content (AvgIpc) is 2.38. The number of benzene rings is 1. The first kappa shape index (κ1) is 11.4. The molecule has 0 fully saturated rings. The lowest BCUT2D eigenvalue weighted by Crippen LogP contribution is -1.96. The molecule has 2 rings (SSSR count). The van der Waals surface area contributed by atoms with Crippen LogP contribution in [-0.4, -0.2) is 12.1 Å². The molecule has 88 valence electrons. The molecule has 0 spiro atoms. The lowest BCUT2D eigenvalue weighted by Gasteiger charge is -2.07. The Morgan fingerprint density at radius 1 is 1.18 bits per heavy atom. The topological polar surface area (TPSA) is 31.4 Å². The van der Waals surface area contributed by atoms with Crippen molar-refractivity contribution in [1.82, 2.24) is 4.98 Å². The molecule has 0 saturated carbocycles. The van der Waals surface area contributed by atoms with Crippen LogP contribution in [0.25, 0.3) is 0 Å². The van der Waals surface area contributed by atoms with Crippen molar-refractivity contribution in [2.75, 3.05) is 7.11 Å². The van der Waals surface area contributed by atoms with Gasteiger partial charge in [-0.25, -0.2) is 9.37 Å². The molecule has 0 amide bonds. The molecule has 1 aromatic heterocycles. The van der Waals surface area contributed by atoms with E-state index in [-0.39, 0.29) is 5.82 Å². The second-order valence-corrected chi connectivity index (χ2v) is 3.45. The van der Waals surface area contributed by atoms with Crippen molar-refractivity contribution >= 4 is 0 Å². The number of ether oxygens (including phenoxy) is 2. The first-order chi connectivity index (χ1) is 8.28. The molecule has 0 unspecified atom stereocenters. The summed E-state index contributed by atoms with van der Waals surface area (Å²) in [6.07, 6.45) is 1.61. The van der Waals surface area contributed by atoms with Crippen molar-refractivity contribution in [3.63, 3.8) is 0 Å². The number of hydrogen-bond acceptors (Lipinski definition) is 3. The molecule has 0 radical (unpaired) electrons. The van der Waals surface area contributed by atoms with Gasteiger partial charge in [0.1, 0.15) is 18.2 Å². The number of pyridine rings is 1. The Labute approximate surface area is 98.8 Å². The fourth-order valence-corrected chi connectivity index (χ4v) is 1.34. The van der Waals surface area contributed by atoms with Gasteiger partial charge in [0.2, 0.25) is 5.88 Å². The highest BCUT2D eigenvalue weighted by molar-refractivity contribution is 5.26. The standard InChI is InChI=1S/C13H12FNO2/c1-16-13-8-12(6-7-15-13)17-9-10-2-4-11(14)5-3-10/h2-8H,9H2,1H3. The minimum Gasteiger partial charge on any atom is -0.489 e. The summed E-state index contributed by atoms with van der Waals surface area (Å²) < 4.78 is 23.2. The van der Waals surface area contributed by atoms with E-state index in [0.29, 0.717) is 18.2 Å². The predicted molar refractivity (Wildman–Crippen MR) is 61.5 cm³/mol. The van der Waals surface area contributed by atoms with Gasteiger partial charge in [-0.05, 0) is 23.8 Å². The molecule has 3 nitrogen and oxygen atoms in total. The van der Waals surface area contributed by atoms with Crippen molar-refractivity contribution in [3.05, 3.63) is 54.0 Å². The van der Waals surface area contributed by atoms with E-state index in [0.717, 1.165) is 5.56 Å². The first-order valence-electron chi connectivity index (χ1n) is 5.15. The molecule has 0 N–H and O–H groups in total. The number of hydrogen-bond donors (Lipinski definition) is 0. The molecule has 0 bridgehead atoms. The SMILES string of the molecule is COc1cc(OCc2ccc(F)cc2)ccn1. The van der Waals surface area contributed by atoms with Crippen LogP contribution in [0.2, 0.25) is 0 Å². The number of halogens is 1. The van der Waals surface area contributed by atoms with Crippen LogP contribution < -0.4 is 9.47 Å². The van der Waals surface area contributed by atoms with E-state index >= 15 is 0 Å². The minimum absolute atomic E-state index is 0.251. The van der Waals surface area contributed by atoms with Crippen molar-refractivity contribution in [2.24, 2.45) is 0 Å². The summed E-state index contributed by atoms with van der Waals surface area (Å²) in [6.45, 7) is 0.382. The van der Waals surface area contributed by atoms with Gasteiger partial charge in [0, 0.05) is 12.3 Å². The van der Waals surface area contributed by atoms with Crippen molar-refractivity contribution < 1.29 is 13.9 Å². The number of aromatic nitrogens is 1. The number of methoxy groups -OCH3 is 1. The zero-order chi connectivity index (χ0) is 12.1. The Kier molecular flexibility index (Phi) is 3.55. The van der Waals surface area contributed by atoms with Gasteiger partial charge in [0.05, 0.1) is 7.11 Å². The zero-order valence-corrected chi connectivity index (χ0v) is 9.39. The van der Waals surface area contributed by atoms with Gasteiger partial charge < -0.3 is 9.47 Å². The molecular weight excluding hydrogens is 221 g/mol. The lowest BCUT2D eigenvalue weighted by molar-refractivity contribution is 0.302. The van der Waals surface area contributed by atoms with Crippen LogP contribution in [0.5, 0.6) is 11.6 Å². The van der Waals surface area contributed by atoms with E-state index in [1.807, 2.05) is 0 Å². The van der Waals surface area contributed by atoms with Crippen LogP contribution in [0.4, 0.5) is 4.39 Å². The maximum Gasteiger partial charge on any atom is 0.216 e. The largest absolute Gasteiger partial charge is 0.489 e. The van der Waals surface area contributed by atoms with E-state index in [1.165, 1.54) is 12.1 Å². The first-order valence-corrected chi connectivity index (χ1v) is 5.15. The molecule has 0 aliphatic heterocycles. The molecular formula is C13H12FNO2. The van der Waals surface area contributed by atoms with Crippen LogP contribution in [0.15, 0.2) is 42.6 Å². The van der Waals surface area contributed by atoms with Gasteiger partial charge in [-0.2, -0.15) is 0 Å². The van der Waals surface area contributed by atoms with Crippen molar-refractivity contribution in [1.29, 1.82) is 0 Å². The van der Waals surface area contributed by atoms with E-state index < -0.39 is 0 Å². The summed E-state index contributed by atoms with van der Waals surface area (Å²) in [7, 11) is 1.55. The molecule has 2 aromatic rings. The summed E-state index contributed by atoms with van der Waals surface area (Å²) in [6, 6.07) is 9.63. The smallest absolute Gasteiger partial charge is 0.216 e. The highest BCUT2D eigenvalue weighted by Crippen LogP contribution is 2.17. The van der Waals surface area contributed by atoms with E-state index in [4.69, 9.17) is 9.47 Å². The normalized spacial score (nSPS) is 10.0. The molecule has 0 aliphatic carbocycles. The summed E-state index contributed by atoms with van der Waals surface area (Å²) in [5.74, 6) is 0.919. The third kappa shape index (κ3) is 3.17. The van der Waals surface area contributed by atoms with Gasteiger partial charge in [0.15, 0.2) is 0 Å². The molecule has 0 aliphatic rings. The summed E-state index contributed by atoms with van der Waals surface area (Å²) in [5, 5.41) is 0. The molecule has 1 aromatic carbocycles. The second-order valence-electron chi connectivity index (χ2n) is 3.45. The molecule has 0 atom stereocenters. The van der Waals surface area contributed by atoms with Crippen LogP contribution in [-0.2, 0) is 6.61 Å². The molecule has 1 heterocycles. The van der Waals surface area contributed by atoms with E-state index in [1.54, 1.807) is 37.6 Å². The van der Waals surface area contributed by atoms with Gasteiger partial charge in [-0.3, -0.25) is 0 Å². The van der Waals surface area contributed by atoms with Gasteiger partial charge in [-0.1, -0.05) is 12.1 Å². The monoisotopic (exact) mass is 233 g/mol. The second kappa shape index (κ2) is 5.30. The highest BCUT2D eigenvalue weighted by atomic mass is 19.1. The molecule has 17 heavy (non-hydrogen) atoms.